The van der Waals surface area contributed by atoms with Crippen LogP contribution in [0.3, 0.4) is 0 Å². The summed E-state index contributed by atoms with van der Waals surface area (Å²) < 4.78 is 5.76. The number of nitrogens with two attached hydrogens (primary N) is 1. The van der Waals surface area contributed by atoms with Crippen molar-refractivity contribution in [3.63, 3.8) is 0 Å². The quantitative estimate of drug-likeness (QED) is 0.779. The van der Waals surface area contributed by atoms with Gasteiger partial charge in [-0.25, -0.2) is 0 Å². The first-order valence-electron chi connectivity index (χ1n) is 7.82. The molecule has 3 nitrogen and oxygen atoms in total. The fourth-order valence-electron chi connectivity index (χ4n) is 2.96. The highest BCUT2D eigenvalue weighted by molar-refractivity contribution is 5.76. The number of esters is 1. The van der Waals surface area contributed by atoms with Crippen molar-refractivity contribution in [3.05, 3.63) is 0 Å². The summed E-state index contributed by atoms with van der Waals surface area (Å²) in [7, 11) is 0. The Kier molecular flexibility index (Phi) is 6.31. The summed E-state index contributed by atoms with van der Waals surface area (Å²) >= 11 is 0. The second kappa shape index (κ2) is 7.28. The van der Waals surface area contributed by atoms with Gasteiger partial charge in [0.05, 0.1) is 0 Å². The SMILES string of the molecule is CCC(C)[C@H](N)C(=O)OC1CC(C)CCC1C(C)C. The highest BCUT2D eigenvalue weighted by atomic mass is 16.5. The van der Waals surface area contributed by atoms with E-state index in [1.807, 2.05) is 6.92 Å². The number of carbonyl (C=O) groups is 1. The zero-order valence-electron chi connectivity index (χ0n) is 13.2. The molecule has 1 rings (SSSR count). The average Bonchev–Trinajstić information content (AvgIpc) is 2.36. The Hall–Kier alpha value is -0.570. The Balaban J connectivity index is 2.63. The lowest BCUT2D eigenvalue weighted by Gasteiger charge is -2.37. The number of hydrogen-bond acceptors (Lipinski definition) is 3. The summed E-state index contributed by atoms with van der Waals surface area (Å²) in [4.78, 5) is 12.1. The molecular formula is C16H31NO2. The molecular weight excluding hydrogens is 238 g/mol. The summed E-state index contributed by atoms with van der Waals surface area (Å²) in [5.41, 5.74) is 5.97. The fourth-order valence-corrected chi connectivity index (χ4v) is 2.96. The van der Waals surface area contributed by atoms with Crippen molar-refractivity contribution in [2.24, 2.45) is 29.4 Å². The largest absolute Gasteiger partial charge is 0.461 e. The number of hydrogen-bond donors (Lipinski definition) is 1. The molecule has 0 bridgehead atoms. The lowest BCUT2D eigenvalue weighted by Crippen LogP contribution is -2.43. The van der Waals surface area contributed by atoms with E-state index >= 15 is 0 Å². The van der Waals surface area contributed by atoms with Crippen LogP contribution in [0.4, 0.5) is 0 Å². The summed E-state index contributed by atoms with van der Waals surface area (Å²) in [6, 6.07) is -0.477. The van der Waals surface area contributed by atoms with Gasteiger partial charge in [0.2, 0.25) is 0 Å². The molecule has 0 aromatic heterocycles. The van der Waals surface area contributed by atoms with E-state index < -0.39 is 6.04 Å². The van der Waals surface area contributed by atoms with E-state index in [0.29, 0.717) is 17.8 Å². The van der Waals surface area contributed by atoms with E-state index in [0.717, 1.165) is 19.3 Å². The van der Waals surface area contributed by atoms with Gasteiger partial charge in [0.15, 0.2) is 0 Å². The molecule has 0 spiro atoms. The van der Waals surface area contributed by atoms with Gasteiger partial charge >= 0.3 is 5.97 Å². The number of ether oxygens (including phenoxy) is 1. The molecule has 3 heteroatoms. The Labute approximate surface area is 118 Å². The highest BCUT2D eigenvalue weighted by Gasteiger charge is 2.34. The highest BCUT2D eigenvalue weighted by Crippen LogP contribution is 2.35. The van der Waals surface area contributed by atoms with Crippen LogP contribution in [0.15, 0.2) is 0 Å². The lowest BCUT2D eigenvalue weighted by molar-refractivity contribution is -0.158. The molecule has 112 valence electrons. The first-order valence-corrected chi connectivity index (χ1v) is 7.82. The summed E-state index contributed by atoms with van der Waals surface area (Å²) in [5.74, 6) is 1.67. The number of rotatable bonds is 5. The molecule has 19 heavy (non-hydrogen) atoms. The van der Waals surface area contributed by atoms with Crippen molar-refractivity contribution in [2.75, 3.05) is 0 Å². The van der Waals surface area contributed by atoms with Crippen LogP contribution in [0.1, 0.15) is 60.3 Å². The summed E-state index contributed by atoms with van der Waals surface area (Å²) in [5, 5.41) is 0. The van der Waals surface area contributed by atoms with Crippen molar-refractivity contribution in [1.29, 1.82) is 0 Å². The van der Waals surface area contributed by atoms with E-state index in [-0.39, 0.29) is 18.0 Å². The predicted molar refractivity (Wildman–Crippen MR) is 78.7 cm³/mol. The third-order valence-electron chi connectivity index (χ3n) is 4.76. The van der Waals surface area contributed by atoms with E-state index in [1.165, 1.54) is 6.42 Å². The first kappa shape index (κ1) is 16.5. The van der Waals surface area contributed by atoms with Gasteiger partial charge in [-0.1, -0.05) is 47.5 Å². The van der Waals surface area contributed by atoms with Crippen LogP contribution in [0, 0.1) is 23.7 Å². The molecule has 1 saturated carbocycles. The second-order valence-corrected chi connectivity index (χ2v) is 6.71. The van der Waals surface area contributed by atoms with Crippen molar-refractivity contribution in [2.45, 2.75) is 72.4 Å². The van der Waals surface area contributed by atoms with Gasteiger partial charge in [-0.2, -0.15) is 0 Å². The maximum absolute atomic E-state index is 12.1. The van der Waals surface area contributed by atoms with Crippen LogP contribution >= 0.6 is 0 Å². The molecule has 0 amide bonds. The van der Waals surface area contributed by atoms with Crippen LogP contribution in [0.2, 0.25) is 0 Å². The topological polar surface area (TPSA) is 52.3 Å². The van der Waals surface area contributed by atoms with E-state index in [2.05, 4.69) is 27.7 Å². The molecule has 0 radical (unpaired) electrons. The fraction of sp³-hybridized carbons (Fsp3) is 0.938. The van der Waals surface area contributed by atoms with Gasteiger partial charge in [0.25, 0.3) is 0 Å². The van der Waals surface area contributed by atoms with Crippen LogP contribution < -0.4 is 5.73 Å². The zero-order chi connectivity index (χ0) is 14.6. The van der Waals surface area contributed by atoms with Crippen LogP contribution in [0.5, 0.6) is 0 Å². The minimum atomic E-state index is -0.477. The van der Waals surface area contributed by atoms with Crippen molar-refractivity contribution >= 4 is 5.97 Å². The molecule has 4 unspecified atom stereocenters. The molecule has 2 N–H and O–H groups in total. The van der Waals surface area contributed by atoms with Crippen LogP contribution in [-0.2, 0) is 9.53 Å². The molecule has 0 saturated heterocycles. The molecule has 5 atom stereocenters. The molecule has 0 aromatic carbocycles. The lowest BCUT2D eigenvalue weighted by atomic mass is 9.75. The average molecular weight is 269 g/mol. The van der Waals surface area contributed by atoms with E-state index in [1.54, 1.807) is 0 Å². The van der Waals surface area contributed by atoms with Crippen molar-refractivity contribution in [1.82, 2.24) is 0 Å². The Bertz CT molecular complexity index is 290. The molecule has 0 aliphatic heterocycles. The normalized spacial score (nSPS) is 31.0. The molecule has 0 heterocycles. The summed E-state index contributed by atoms with van der Waals surface area (Å²) in [6.45, 7) is 10.7. The van der Waals surface area contributed by atoms with Gasteiger partial charge in [-0.3, -0.25) is 4.79 Å². The minimum absolute atomic E-state index is 0.0614. The third kappa shape index (κ3) is 4.48. The van der Waals surface area contributed by atoms with E-state index in [4.69, 9.17) is 10.5 Å². The van der Waals surface area contributed by atoms with Crippen molar-refractivity contribution in [3.8, 4) is 0 Å². The maximum atomic E-state index is 12.1. The first-order chi connectivity index (χ1) is 8.86. The monoisotopic (exact) mass is 269 g/mol. The Morgan fingerprint density at radius 1 is 1.32 bits per heavy atom. The summed E-state index contributed by atoms with van der Waals surface area (Å²) in [6.07, 6.45) is 4.36. The van der Waals surface area contributed by atoms with Crippen LogP contribution in [-0.4, -0.2) is 18.1 Å². The second-order valence-electron chi connectivity index (χ2n) is 6.71. The van der Waals surface area contributed by atoms with E-state index in [9.17, 15) is 4.79 Å². The van der Waals surface area contributed by atoms with Gasteiger partial charge in [0, 0.05) is 0 Å². The Morgan fingerprint density at radius 2 is 1.95 bits per heavy atom. The van der Waals surface area contributed by atoms with Gasteiger partial charge in [-0.15, -0.1) is 0 Å². The molecule has 1 aliphatic rings. The molecule has 0 aromatic rings. The Morgan fingerprint density at radius 3 is 2.47 bits per heavy atom. The van der Waals surface area contributed by atoms with Gasteiger partial charge < -0.3 is 10.5 Å². The standard InChI is InChI=1S/C16H31NO2/c1-6-12(5)15(17)16(18)19-14-9-11(4)7-8-13(14)10(2)3/h10-15H,6-9,17H2,1-5H3/t11?,12?,13?,14?,15-/m0/s1. The smallest absolute Gasteiger partial charge is 0.323 e. The maximum Gasteiger partial charge on any atom is 0.323 e. The van der Waals surface area contributed by atoms with Crippen molar-refractivity contribution < 1.29 is 9.53 Å². The zero-order valence-corrected chi connectivity index (χ0v) is 13.2. The van der Waals surface area contributed by atoms with Gasteiger partial charge in [-0.05, 0) is 36.5 Å². The molecule has 1 fully saturated rings. The minimum Gasteiger partial charge on any atom is -0.461 e. The molecule has 1 aliphatic carbocycles. The predicted octanol–water partition coefficient (Wildman–Crippen LogP) is 3.36. The van der Waals surface area contributed by atoms with Gasteiger partial charge in [0.1, 0.15) is 12.1 Å². The van der Waals surface area contributed by atoms with Crippen LogP contribution in [0.25, 0.3) is 0 Å². The number of carbonyl (C=O) groups excluding carboxylic acids is 1. The third-order valence-corrected chi connectivity index (χ3v) is 4.76.